The van der Waals surface area contributed by atoms with Crippen molar-refractivity contribution in [2.75, 3.05) is 57.4 Å². The Labute approximate surface area is 196 Å². The molecule has 182 valence electrons. The molecule has 9 nitrogen and oxygen atoms in total. The number of likely N-dealkylation sites (tertiary alicyclic amines) is 1. The first-order valence-corrected chi connectivity index (χ1v) is 13.3. The molecule has 0 radical (unpaired) electrons. The van der Waals surface area contributed by atoms with E-state index in [4.69, 9.17) is 4.74 Å². The lowest BCUT2D eigenvalue weighted by molar-refractivity contribution is -0.125. The van der Waals surface area contributed by atoms with Crippen LogP contribution in [-0.2, 0) is 30.8 Å². The van der Waals surface area contributed by atoms with Crippen molar-refractivity contribution < 1.29 is 22.7 Å². The summed E-state index contributed by atoms with van der Waals surface area (Å²) in [6.07, 6.45) is 5.22. The standard InChI is InChI=1S/C23H34N4O5S/c1-18(28)27-21-7-6-20(33(30,31)26-12-14-32-15-13-26)16-19(21)17-22(27)23(29)24-8-11-25-9-4-2-3-5-10-25/h6-7,16,22H,2-5,8-15,17H2,1H3,(H,24,29)/t22-/m0/s1. The minimum absolute atomic E-state index is 0.189. The van der Waals surface area contributed by atoms with Crippen LogP contribution >= 0.6 is 0 Å². The lowest BCUT2D eigenvalue weighted by Crippen LogP contribution is -2.48. The monoisotopic (exact) mass is 478 g/mol. The molecule has 33 heavy (non-hydrogen) atoms. The Balaban J connectivity index is 1.44. The molecule has 1 atom stereocenters. The number of benzene rings is 1. The number of sulfonamides is 1. The van der Waals surface area contributed by atoms with Gasteiger partial charge in [0, 0.05) is 45.2 Å². The average molecular weight is 479 g/mol. The third-order valence-corrected chi connectivity index (χ3v) is 8.61. The van der Waals surface area contributed by atoms with Crippen LogP contribution in [0.3, 0.4) is 0 Å². The highest BCUT2D eigenvalue weighted by Gasteiger charge is 2.38. The molecule has 1 aromatic rings. The van der Waals surface area contributed by atoms with Gasteiger partial charge >= 0.3 is 0 Å². The molecule has 0 aliphatic carbocycles. The van der Waals surface area contributed by atoms with Crippen molar-refractivity contribution in [3.63, 3.8) is 0 Å². The van der Waals surface area contributed by atoms with Crippen LogP contribution in [0.5, 0.6) is 0 Å². The average Bonchev–Trinajstić information content (AvgIpc) is 3.01. The fraction of sp³-hybridized carbons (Fsp3) is 0.652. The van der Waals surface area contributed by atoms with E-state index in [0.717, 1.165) is 19.6 Å². The molecule has 0 saturated carbocycles. The summed E-state index contributed by atoms with van der Waals surface area (Å²) in [6.45, 7) is 6.29. The summed E-state index contributed by atoms with van der Waals surface area (Å²) >= 11 is 0. The molecule has 2 fully saturated rings. The minimum atomic E-state index is -3.64. The molecule has 2 amide bonds. The molecule has 3 aliphatic rings. The van der Waals surface area contributed by atoms with Crippen molar-refractivity contribution >= 4 is 27.5 Å². The number of fused-ring (bicyclic) bond motifs is 1. The van der Waals surface area contributed by atoms with Gasteiger partial charge in [-0.05, 0) is 49.7 Å². The molecule has 2 saturated heterocycles. The number of amides is 2. The van der Waals surface area contributed by atoms with Gasteiger partial charge in [-0.3, -0.25) is 14.5 Å². The molecular formula is C23H34N4O5S. The van der Waals surface area contributed by atoms with Gasteiger partial charge in [-0.2, -0.15) is 4.31 Å². The van der Waals surface area contributed by atoms with Gasteiger partial charge in [-0.15, -0.1) is 0 Å². The van der Waals surface area contributed by atoms with Crippen LogP contribution < -0.4 is 10.2 Å². The quantitative estimate of drug-likeness (QED) is 0.654. The van der Waals surface area contributed by atoms with Crippen LogP contribution in [0, 0.1) is 0 Å². The van der Waals surface area contributed by atoms with Crippen molar-refractivity contribution in [1.82, 2.24) is 14.5 Å². The Morgan fingerprint density at radius 1 is 1.06 bits per heavy atom. The van der Waals surface area contributed by atoms with Crippen LogP contribution in [0.1, 0.15) is 38.2 Å². The lowest BCUT2D eigenvalue weighted by Gasteiger charge is -2.26. The van der Waals surface area contributed by atoms with Crippen LogP contribution in [0.15, 0.2) is 23.1 Å². The van der Waals surface area contributed by atoms with Crippen LogP contribution in [0.2, 0.25) is 0 Å². The summed E-state index contributed by atoms with van der Waals surface area (Å²) < 4.78 is 32.8. The van der Waals surface area contributed by atoms with Crippen molar-refractivity contribution in [3.05, 3.63) is 23.8 Å². The number of hydrogen-bond acceptors (Lipinski definition) is 6. The number of hydrogen-bond donors (Lipinski definition) is 1. The molecule has 3 heterocycles. The van der Waals surface area contributed by atoms with E-state index in [0.29, 0.717) is 50.5 Å². The van der Waals surface area contributed by atoms with E-state index < -0.39 is 16.1 Å². The first-order chi connectivity index (χ1) is 15.9. The van der Waals surface area contributed by atoms with E-state index in [-0.39, 0.29) is 16.7 Å². The number of nitrogens with zero attached hydrogens (tertiary/aromatic N) is 3. The van der Waals surface area contributed by atoms with E-state index in [1.54, 1.807) is 12.1 Å². The molecule has 10 heteroatoms. The number of ether oxygens (including phenoxy) is 1. The van der Waals surface area contributed by atoms with E-state index >= 15 is 0 Å². The van der Waals surface area contributed by atoms with Gasteiger partial charge < -0.3 is 15.0 Å². The van der Waals surface area contributed by atoms with Crippen LogP contribution in [0.25, 0.3) is 0 Å². The number of carbonyl (C=O) groups is 2. The molecule has 3 aliphatic heterocycles. The smallest absolute Gasteiger partial charge is 0.243 e. The van der Waals surface area contributed by atoms with E-state index in [1.807, 2.05) is 0 Å². The second-order valence-electron chi connectivity index (χ2n) is 8.96. The second kappa shape index (κ2) is 10.5. The van der Waals surface area contributed by atoms with E-state index in [9.17, 15) is 18.0 Å². The second-order valence-corrected chi connectivity index (χ2v) is 10.9. The third kappa shape index (κ3) is 5.40. The van der Waals surface area contributed by atoms with Gasteiger partial charge in [-0.1, -0.05) is 12.8 Å². The van der Waals surface area contributed by atoms with E-state index in [1.165, 1.54) is 47.9 Å². The zero-order valence-corrected chi connectivity index (χ0v) is 20.1. The van der Waals surface area contributed by atoms with Gasteiger partial charge in [0.2, 0.25) is 21.8 Å². The molecule has 0 unspecified atom stereocenters. The molecule has 0 spiro atoms. The largest absolute Gasteiger partial charge is 0.379 e. The number of carbonyl (C=O) groups excluding carboxylic acids is 2. The Kier molecular flexibility index (Phi) is 7.68. The van der Waals surface area contributed by atoms with Gasteiger partial charge in [-0.25, -0.2) is 8.42 Å². The zero-order valence-electron chi connectivity index (χ0n) is 19.3. The third-order valence-electron chi connectivity index (χ3n) is 6.71. The zero-order chi connectivity index (χ0) is 23.4. The fourth-order valence-corrected chi connectivity index (χ4v) is 6.40. The Bertz CT molecular complexity index is 969. The molecule has 1 N–H and O–H groups in total. The SMILES string of the molecule is CC(=O)N1c2ccc(S(=O)(=O)N3CCOCC3)cc2C[C@H]1C(=O)NCCN1CCCCCC1. The summed E-state index contributed by atoms with van der Waals surface area (Å²) in [5.74, 6) is -0.431. The molecule has 0 bridgehead atoms. The summed E-state index contributed by atoms with van der Waals surface area (Å²) in [6, 6.07) is 4.12. The van der Waals surface area contributed by atoms with Gasteiger partial charge in [0.1, 0.15) is 6.04 Å². The Morgan fingerprint density at radius 2 is 1.76 bits per heavy atom. The number of anilines is 1. The fourth-order valence-electron chi connectivity index (χ4n) is 4.94. The van der Waals surface area contributed by atoms with Crippen molar-refractivity contribution in [2.45, 2.75) is 50.0 Å². The summed E-state index contributed by atoms with van der Waals surface area (Å²) in [7, 11) is -3.64. The highest BCUT2D eigenvalue weighted by Crippen LogP contribution is 2.35. The molecular weight excluding hydrogens is 444 g/mol. The van der Waals surface area contributed by atoms with E-state index in [2.05, 4.69) is 10.2 Å². The van der Waals surface area contributed by atoms with Crippen LogP contribution in [-0.4, -0.2) is 88.0 Å². The normalized spacial score (nSPS) is 22.6. The predicted molar refractivity (Wildman–Crippen MR) is 125 cm³/mol. The summed E-state index contributed by atoms with van der Waals surface area (Å²) in [5.41, 5.74) is 1.31. The maximum Gasteiger partial charge on any atom is 0.243 e. The Morgan fingerprint density at radius 3 is 2.42 bits per heavy atom. The number of rotatable bonds is 6. The van der Waals surface area contributed by atoms with Crippen molar-refractivity contribution in [2.24, 2.45) is 0 Å². The van der Waals surface area contributed by atoms with Crippen molar-refractivity contribution in [3.8, 4) is 0 Å². The minimum Gasteiger partial charge on any atom is -0.379 e. The molecule has 1 aromatic carbocycles. The van der Waals surface area contributed by atoms with Gasteiger partial charge in [0.25, 0.3) is 0 Å². The number of morpholine rings is 1. The highest BCUT2D eigenvalue weighted by molar-refractivity contribution is 7.89. The highest BCUT2D eigenvalue weighted by atomic mass is 32.2. The van der Waals surface area contributed by atoms with Gasteiger partial charge in [0.05, 0.1) is 18.1 Å². The molecule has 0 aromatic heterocycles. The maximum atomic E-state index is 13.0. The summed E-state index contributed by atoms with van der Waals surface area (Å²) in [5, 5.41) is 2.99. The number of nitrogens with one attached hydrogen (secondary N) is 1. The molecule has 4 rings (SSSR count). The van der Waals surface area contributed by atoms with Crippen LogP contribution in [0.4, 0.5) is 5.69 Å². The first-order valence-electron chi connectivity index (χ1n) is 11.9. The Hall–Kier alpha value is -2.01. The van der Waals surface area contributed by atoms with Crippen molar-refractivity contribution in [1.29, 1.82) is 0 Å². The predicted octanol–water partition coefficient (Wildman–Crippen LogP) is 0.977. The maximum absolute atomic E-state index is 13.0. The lowest BCUT2D eigenvalue weighted by atomic mass is 10.1. The van der Waals surface area contributed by atoms with Gasteiger partial charge in [0.15, 0.2) is 0 Å². The topological polar surface area (TPSA) is 99.3 Å². The first kappa shape index (κ1) is 24.1. The summed E-state index contributed by atoms with van der Waals surface area (Å²) in [4.78, 5) is 29.5.